The third kappa shape index (κ3) is 3.38. The van der Waals surface area contributed by atoms with Crippen molar-refractivity contribution in [3.63, 3.8) is 0 Å². The van der Waals surface area contributed by atoms with E-state index < -0.39 is 12.1 Å². The van der Waals surface area contributed by atoms with Gasteiger partial charge in [0.15, 0.2) is 5.16 Å². The molecule has 1 saturated heterocycles. The fraction of sp³-hybridized carbons (Fsp3) is 0.583. The summed E-state index contributed by atoms with van der Waals surface area (Å²) in [5.74, 6) is -0.131. The summed E-state index contributed by atoms with van der Waals surface area (Å²) >= 11 is 1.37. The molecule has 0 saturated carbocycles. The van der Waals surface area contributed by atoms with Crippen LogP contribution in [0.1, 0.15) is 17.3 Å². The highest BCUT2D eigenvalue weighted by Gasteiger charge is 2.28. The van der Waals surface area contributed by atoms with Crippen molar-refractivity contribution >= 4 is 23.5 Å². The fourth-order valence-electron chi connectivity index (χ4n) is 1.79. The lowest BCUT2D eigenvalue weighted by atomic mass is 10.2. The number of nitrogens with zero attached hydrogens (tertiary/aromatic N) is 2. The van der Waals surface area contributed by atoms with Gasteiger partial charge in [-0.25, -0.2) is 14.8 Å². The maximum atomic E-state index is 11.9. The molecule has 2 N–H and O–H groups in total. The van der Waals surface area contributed by atoms with Gasteiger partial charge in [-0.15, -0.1) is 0 Å². The van der Waals surface area contributed by atoms with Gasteiger partial charge in [-0.2, -0.15) is 0 Å². The highest BCUT2D eigenvalue weighted by molar-refractivity contribution is 7.98. The Morgan fingerprint density at radius 1 is 1.65 bits per heavy atom. The fourth-order valence-corrected chi connectivity index (χ4v) is 2.13. The first-order valence-electron chi connectivity index (χ1n) is 6.26. The van der Waals surface area contributed by atoms with Crippen molar-refractivity contribution in [2.45, 2.75) is 24.2 Å². The molecule has 2 rings (SSSR count). The summed E-state index contributed by atoms with van der Waals surface area (Å²) in [5.41, 5.74) is 0.253. The van der Waals surface area contributed by atoms with Gasteiger partial charge in [0.2, 0.25) is 0 Å². The molecule has 0 amide bonds. The molecule has 1 aromatic heterocycles. The molecule has 20 heavy (non-hydrogen) atoms. The molecule has 0 bridgehead atoms. The Morgan fingerprint density at radius 2 is 2.45 bits per heavy atom. The van der Waals surface area contributed by atoms with Gasteiger partial charge in [0.25, 0.3) is 0 Å². The summed E-state index contributed by atoms with van der Waals surface area (Å²) in [6.45, 7) is 2.64. The second-order valence-corrected chi connectivity index (χ2v) is 4.97. The molecule has 2 heterocycles. The Bertz CT molecular complexity index is 486. The number of carbonyl (C=O) groups excluding carboxylic acids is 1. The average molecular weight is 299 g/mol. The van der Waals surface area contributed by atoms with Crippen LogP contribution in [0.25, 0.3) is 0 Å². The van der Waals surface area contributed by atoms with E-state index in [-0.39, 0.29) is 24.8 Å². The van der Waals surface area contributed by atoms with Crippen molar-refractivity contribution in [2.24, 2.45) is 0 Å². The molecule has 1 aromatic rings. The van der Waals surface area contributed by atoms with Crippen LogP contribution in [0.15, 0.2) is 11.4 Å². The van der Waals surface area contributed by atoms with Crippen LogP contribution in [0.4, 0.5) is 5.82 Å². The number of rotatable bonds is 5. The molecule has 0 radical (unpaired) electrons. The van der Waals surface area contributed by atoms with E-state index in [9.17, 15) is 9.90 Å². The second-order valence-electron chi connectivity index (χ2n) is 4.20. The molecule has 110 valence electrons. The van der Waals surface area contributed by atoms with Crippen LogP contribution in [-0.2, 0) is 9.47 Å². The third-order valence-corrected chi connectivity index (χ3v) is 3.38. The summed E-state index contributed by atoms with van der Waals surface area (Å²) in [7, 11) is 0. The van der Waals surface area contributed by atoms with Gasteiger partial charge in [0.1, 0.15) is 11.4 Å². The van der Waals surface area contributed by atoms with Crippen molar-refractivity contribution in [1.82, 2.24) is 9.97 Å². The number of thioether (sulfide) groups is 1. The minimum Gasteiger partial charge on any atom is -0.462 e. The molecule has 2 atom stereocenters. The monoisotopic (exact) mass is 299 g/mol. The van der Waals surface area contributed by atoms with E-state index in [1.54, 1.807) is 6.92 Å². The van der Waals surface area contributed by atoms with Crippen LogP contribution in [0.5, 0.6) is 0 Å². The summed E-state index contributed by atoms with van der Waals surface area (Å²) in [5, 5.41) is 13.3. The predicted molar refractivity (Wildman–Crippen MR) is 74.0 cm³/mol. The molecule has 1 fully saturated rings. The Morgan fingerprint density at radius 3 is 3.05 bits per heavy atom. The summed E-state index contributed by atoms with van der Waals surface area (Å²) in [4.78, 5) is 20.2. The number of aliphatic hydroxyl groups excluding tert-OH is 1. The molecule has 2 unspecified atom stereocenters. The van der Waals surface area contributed by atoms with Crippen LogP contribution in [0, 0.1) is 0 Å². The van der Waals surface area contributed by atoms with Crippen molar-refractivity contribution < 1.29 is 19.4 Å². The smallest absolute Gasteiger partial charge is 0.343 e. The first-order valence-corrected chi connectivity index (χ1v) is 7.48. The van der Waals surface area contributed by atoms with Gasteiger partial charge in [0, 0.05) is 6.20 Å². The molecule has 0 aliphatic carbocycles. The number of carbonyl (C=O) groups is 1. The molecule has 1 aliphatic heterocycles. The summed E-state index contributed by atoms with van der Waals surface area (Å²) in [6, 6.07) is -0.298. The Hall–Kier alpha value is -1.38. The lowest BCUT2D eigenvalue weighted by Crippen LogP contribution is -2.33. The second kappa shape index (κ2) is 6.87. The SMILES string of the molecule is CCOC(=O)c1cnc(SC)nc1NC1COCC1O. The maximum Gasteiger partial charge on any atom is 0.343 e. The highest BCUT2D eigenvalue weighted by Crippen LogP contribution is 2.20. The Balaban J connectivity index is 2.24. The molecule has 8 heteroatoms. The highest BCUT2D eigenvalue weighted by atomic mass is 32.2. The number of aromatic nitrogens is 2. The lowest BCUT2D eigenvalue weighted by Gasteiger charge is -2.17. The lowest BCUT2D eigenvalue weighted by molar-refractivity contribution is 0.0526. The minimum atomic E-state index is -0.627. The molecule has 1 aliphatic rings. The number of nitrogens with one attached hydrogen (secondary N) is 1. The zero-order chi connectivity index (χ0) is 14.5. The van der Waals surface area contributed by atoms with E-state index in [4.69, 9.17) is 9.47 Å². The summed E-state index contributed by atoms with van der Waals surface area (Å²) < 4.78 is 10.1. The largest absolute Gasteiger partial charge is 0.462 e. The molecule has 0 aromatic carbocycles. The predicted octanol–water partition coefficient (Wildman–Crippen LogP) is 0.547. The zero-order valence-corrected chi connectivity index (χ0v) is 12.1. The van der Waals surface area contributed by atoms with Gasteiger partial charge in [0.05, 0.1) is 32.0 Å². The van der Waals surface area contributed by atoms with E-state index in [0.29, 0.717) is 17.6 Å². The minimum absolute atomic E-state index is 0.253. The van der Waals surface area contributed by atoms with Crippen LogP contribution in [0.2, 0.25) is 0 Å². The van der Waals surface area contributed by atoms with E-state index in [1.807, 2.05) is 6.26 Å². The van der Waals surface area contributed by atoms with Crippen molar-refractivity contribution in [1.29, 1.82) is 0 Å². The van der Waals surface area contributed by atoms with Crippen molar-refractivity contribution in [3.8, 4) is 0 Å². The van der Waals surface area contributed by atoms with Crippen molar-refractivity contribution in [2.75, 3.05) is 31.4 Å². The number of esters is 1. The number of aliphatic hydroxyl groups is 1. The zero-order valence-electron chi connectivity index (χ0n) is 11.3. The molecular formula is C12H17N3O4S. The first kappa shape index (κ1) is 15.0. The average Bonchev–Trinajstić information content (AvgIpc) is 2.84. The van der Waals surface area contributed by atoms with Gasteiger partial charge >= 0.3 is 5.97 Å². The number of hydrogen-bond acceptors (Lipinski definition) is 8. The van der Waals surface area contributed by atoms with Gasteiger partial charge in [-0.1, -0.05) is 11.8 Å². The van der Waals surface area contributed by atoms with Gasteiger partial charge < -0.3 is 19.9 Å². The van der Waals surface area contributed by atoms with Crippen molar-refractivity contribution in [3.05, 3.63) is 11.8 Å². The first-order chi connectivity index (χ1) is 9.65. The van der Waals surface area contributed by atoms with E-state index >= 15 is 0 Å². The van der Waals surface area contributed by atoms with Gasteiger partial charge in [-0.05, 0) is 13.2 Å². The topological polar surface area (TPSA) is 93.6 Å². The number of hydrogen-bond donors (Lipinski definition) is 2. The van der Waals surface area contributed by atoms with E-state index in [1.165, 1.54) is 18.0 Å². The maximum absolute atomic E-state index is 11.9. The van der Waals surface area contributed by atoms with Crippen LogP contribution in [-0.4, -0.2) is 59.3 Å². The van der Waals surface area contributed by atoms with Gasteiger partial charge in [-0.3, -0.25) is 0 Å². The standard InChI is InChI=1S/C12H17N3O4S/c1-3-19-11(17)7-4-13-12(20-2)15-10(7)14-8-5-18-6-9(8)16/h4,8-9,16H,3,5-6H2,1-2H3,(H,13,14,15). The molecule has 7 nitrogen and oxygen atoms in total. The Kier molecular flexibility index (Phi) is 5.16. The number of ether oxygens (including phenoxy) is 2. The normalized spacial score (nSPS) is 21.8. The van der Waals surface area contributed by atoms with Crippen LogP contribution >= 0.6 is 11.8 Å². The Labute approximate surface area is 121 Å². The van der Waals surface area contributed by atoms with Crippen LogP contribution < -0.4 is 5.32 Å². The molecule has 0 spiro atoms. The molecular weight excluding hydrogens is 282 g/mol. The van der Waals surface area contributed by atoms with E-state index in [0.717, 1.165) is 0 Å². The van der Waals surface area contributed by atoms with Crippen LogP contribution in [0.3, 0.4) is 0 Å². The summed E-state index contributed by atoms with van der Waals surface area (Å²) in [6.07, 6.45) is 2.65. The number of anilines is 1. The third-order valence-electron chi connectivity index (χ3n) is 2.82. The van der Waals surface area contributed by atoms with E-state index in [2.05, 4.69) is 15.3 Å². The quantitative estimate of drug-likeness (QED) is 0.462.